The summed E-state index contributed by atoms with van der Waals surface area (Å²) in [6.07, 6.45) is -3.74. The van der Waals surface area contributed by atoms with Gasteiger partial charge in [-0.2, -0.15) is 0 Å². The second kappa shape index (κ2) is 45.2. The number of hydrogen-bond acceptors (Lipinski definition) is 23. The van der Waals surface area contributed by atoms with Gasteiger partial charge >= 0.3 is 5.97 Å². The van der Waals surface area contributed by atoms with E-state index in [1.54, 1.807) is 41.4 Å². The van der Waals surface area contributed by atoms with Gasteiger partial charge in [0.25, 0.3) is 5.91 Å². The third-order valence-corrected chi connectivity index (χ3v) is 15.2. The number of fused-ring (bicyclic) bond motifs is 2. The number of alkyl halides is 1. The number of carbonyl (C=O) groups excluding carboxylic acids is 8. The number of nitrogens with zero attached hydrogens (tertiary/aromatic N) is 8. The van der Waals surface area contributed by atoms with Crippen molar-refractivity contribution >= 4 is 59.2 Å². The maximum Gasteiger partial charge on any atom is 0.305 e. The van der Waals surface area contributed by atoms with Crippen LogP contribution in [0, 0.1) is 0 Å². The third-order valence-electron chi connectivity index (χ3n) is 15.2. The minimum Gasteiger partial charge on any atom is -0.481 e. The summed E-state index contributed by atoms with van der Waals surface area (Å²) in [5.41, 5.74) is 12.5. The normalized spacial score (nSPS) is 20.6. The highest BCUT2D eigenvalue weighted by Gasteiger charge is 2.46. The van der Waals surface area contributed by atoms with Crippen LogP contribution in [0.3, 0.4) is 0 Å². The Balaban J connectivity index is 0.966. The summed E-state index contributed by atoms with van der Waals surface area (Å²) in [5, 5.41) is 76.6. The number of guanidine groups is 1. The Morgan fingerprint density at radius 1 is 0.714 bits per heavy atom. The summed E-state index contributed by atoms with van der Waals surface area (Å²) in [6, 6.07) is 3.97. The van der Waals surface area contributed by atoms with Gasteiger partial charge < -0.3 is 102 Å². The van der Waals surface area contributed by atoms with Gasteiger partial charge in [0.2, 0.25) is 41.4 Å². The van der Waals surface area contributed by atoms with E-state index in [2.05, 4.69) is 62.8 Å². The van der Waals surface area contributed by atoms with E-state index in [0.717, 1.165) is 12.0 Å². The third kappa shape index (κ3) is 30.1. The van der Waals surface area contributed by atoms with Crippen LogP contribution in [0.4, 0.5) is 4.39 Å². The van der Waals surface area contributed by atoms with E-state index in [-0.39, 0.29) is 147 Å². The zero-order chi connectivity index (χ0) is 71.0. The van der Waals surface area contributed by atoms with E-state index < -0.39 is 116 Å². The van der Waals surface area contributed by atoms with Crippen molar-refractivity contribution in [2.75, 3.05) is 119 Å². The predicted molar refractivity (Wildman–Crippen MR) is 343 cm³/mol. The first-order valence-electron chi connectivity index (χ1n) is 32.8. The van der Waals surface area contributed by atoms with Crippen LogP contribution < -0.4 is 48.7 Å². The average molecular weight is 1390 g/mol. The Labute approximate surface area is 565 Å². The van der Waals surface area contributed by atoms with Crippen molar-refractivity contribution < 1.29 is 96.4 Å². The first-order chi connectivity index (χ1) is 47.3. The van der Waals surface area contributed by atoms with E-state index in [4.69, 9.17) is 39.9 Å². The van der Waals surface area contributed by atoms with Gasteiger partial charge in [-0.25, -0.2) is 9.36 Å². The number of carboxylic acids is 1. The van der Waals surface area contributed by atoms with Crippen LogP contribution >= 0.6 is 0 Å². The number of amides is 8. The fourth-order valence-electron chi connectivity index (χ4n) is 10.1. The molecule has 3 aromatic rings. The SMILES string of the molecule is CCCN(CCNC(=O)CCOCCOCCOCCOCCOCCC(=O)NC[C@H]1OC(C(=O)NCCCC[C@H]2C(=O)N[C@@H](CCCN=C(N)N)C(=O)NCC(=O)N[C@@H](CC(=O)O)C(=O)N[C@@H](Cc3ccccc3)c3cn2nn3)[C@@H](O)C(O)[C@H]1O)C(=O)Cn1cc(CCCF)nn1. The molecule has 0 aliphatic carbocycles. The fourth-order valence-corrected chi connectivity index (χ4v) is 10.1. The monoisotopic (exact) mass is 1390 g/mol. The molecule has 5 rings (SSSR count). The van der Waals surface area contributed by atoms with Crippen molar-refractivity contribution in [3.8, 4) is 0 Å². The lowest BCUT2D eigenvalue weighted by Crippen LogP contribution is -2.63. The zero-order valence-electron chi connectivity index (χ0n) is 55.2. The molecule has 546 valence electrons. The lowest BCUT2D eigenvalue weighted by atomic mass is 9.94. The molecule has 0 saturated carbocycles. The number of aromatic nitrogens is 6. The van der Waals surface area contributed by atoms with Crippen molar-refractivity contribution in [1.29, 1.82) is 0 Å². The Morgan fingerprint density at radius 3 is 2.01 bits per heavy atom. The maximum atomic E-state index is 14.3. The minimum atomic E-state index is -1.86. The largest absolute Gasteiger partial charge is 0.481 e. The first kappa shape index (κ1) is 80.3. The summed E-state index contributed by atoms with van der Waals surface area (Å²) in [6.45, 7) is 3.99. The van der Waals surface area contributed by atoms with E-state index in [0.29, 0.717) is 58.1 Å². The summed E-state index contributed by atoms with van der Waals surface area (Å²) in [4.78, 5) is 123. The highest BCUT2D eigenvalue weighted by atomic mass is 19.1. The van der Waals surface area contributed by atoms with Crippen molar-refractivity contribution in [1.82, 2.24) is 72.1 Å². The van der Waals surface area contributed by atoms with Crippen LogP contribution in [0.1, 0.15) is 100 Å². The number of aliphatic hydroxyl groups is 3. The topological polar surface area (TPSA) is 503 Å². The molecule has 4 heterocycles. The molecule has 0 radical (unpaired) electrons. The molecule has 2 aliphatic heterocycles. The molecule has 36 nitrogen and oxygen atoms in total. The van der Waals surface area contributed by atoms with Gasteiger partial charge in [0, 0.05) is 58.3 Å². The summed E-state index contributed by atoms with van der Waals surface area (Å²) in [7, 11) is 0. The van der Waals surface area contributed by atoms with Gasteiger partial charge in [-0.3, -0.25) is 52.5 Å². The molecule has 2 bridgehead atoms. The molecule has 0 spiro atoms. The van der Waals surface area contributed by atoms with Crippen LogP contribution in [0.2, 0.25) is 0 Å². The smallest absolute Gasteiger partial charge is 0.305 e. The number of aliphatic carboxylic acids is 1. The summed E-state index contributed by atoms with van der Waals surface area (Å²) >= 11 is 0. The number of benzene rings is 1. The number of aliphatic imine (C=N–C) groups is 1. The number of nitrogens with two attached hydrogens (primary N) is 2. The summed E-state index contributed by atoms with van der Waals surface area (Å²) in [5.74, 6) is -6.55. The van der Waals surface area contributed by atoms with E-state index in [1.807, 2.05) is 6.92 Å². The van der Waals surface area contributed by atoms with Crippen LogP contribution in [0.5, 0.6) is 0 Å². The number of nitrogens with one attached hydrogen (secondary N) is 7. The van der Waals surface area contributed by atoms with Gasteiger partial charge in [0.05, 0.1) is 104 Å². The molecule has 15 N–H and O–H groups in total. The quantitative estimate of drug-likeness (QED) is 0.0144. The number of aryl methyl sites for hydroxylation is 1. The Bertz CT molecular complexity index is 2960. The Hall–Kier alpha value is -8.43. The summed E-state index contributed by atoms with van der Waals surface area (Å²) < 4.78 is 48.4. The lowest BCUT2D eigenvalue weighted by Gasteiger charge is -2.40. The van der Waals surface area contributed by atoms with Gasteiger partial charge in [0.15, 0.2) is 12.1 Å². The fraction of sp³-hybridized carbons (Fsp3) is 0.672. The molecule has 2 unspecified atom stereocenters. The second-order valence-electron chi connectivity index (χ2n) is 23.0. The van der Waals surface area contributed by atoms with Gasteiger partial charge in [-0.15, -0.1) is 10.2 Å². The van der Waals surface area contributed by atoms with Crippen molar-refractivity contribution in [3.63, 3.8) is 0 Å². The molecular weight excluding hydrogens is 1290 g/mol. The second-order valence-corrected chi connectivity index (χ2v) is 23.0. The standard InChI is InChI=1S/C61H96FN17O19/c1-2-21-77(51(83)39-78-37-41(73-75-78)12-8-17-62)22-20-65-48(80)15-23-93-25-27-95-29-31-97-32-30-96-28-26-94-24-16-49(81)68-35-47-53(86)54(87)55(88)56(98-47)60(92)66-18-7-6-14-46-59(91)71-42(13-9-19-67-61(63)64)57(89)69-36-50(82)70-44(34-52(84)85)58(90)72-43(45-38-79(46)76-74-45)33-40-10-4-3-5-11-40/h3-5,10-11,37-38,42-44,46-47,53-56,86-88H,2,6-9,12-36,39H2,1H3,(H,65,80)(H,66,92)(H,68,81)(H,69,89)(H,70,82)(H,71,91)(H,72,90)(H,84,85)(H4,63,64,67)/t42-,43-,44-,46-,47+,53-,54?,55-,56?/m0/s1. The molecule has 1 fully saturated rings. The van der Waals surface area contributed by atoms with Crippen LogP contribution in [-0.2, 0) is 91.0 Å². The first-order valence-corrected chi connectivity index (χ1v) is 32.8. The molecule has 1 saturated heterocycles. The van der Waals surface area contributed by atoms with Gasteiger partial charge in [0.1, 0.15) is 54.8 Å². The molecule has 2 aliphatic rings. The molecule has 8 amide bonds. The van der Waals surface area contributed by atoms with Crippen molar-refractivity contribution in [2.24, 2.45) is 16.5 Å². The van der Waals surface area contributed by atoms with Crippen LogP contribution in [0.25, 0.3) is 0 Å². The molecular formula is C61H96FN17O19. The molecule has 2 aromatic heterocycles. The average Bonchev–Trinajstić information content (AvgIpc) is 1.02. The van der Waals surface area contributed by atoms with E-state index in [1.165, 1.54) is 15.6 Å². The Kier molecular flexibility index (Phi) is 37.0. The number of rotatable bonds is 44. The lowest BCUT2D eigenvalue weighted by molar-refractivity contribution is -0.219. The zero-order valence-corrected chi connectivity index (χ0v) is 55.2. The van der Waals surface area contributed by atoms with E-state index >= 15 is 0 Å². The minimum absolute atomic E-state index is 0.0000657. The molecule has 98 heavy (non-hydrogen) atoms. The number of halogens is 1. The van der Waals surface area contributed by atoms with E-state index in [9.17, 15) is 68.0 Å². The molecule has 9 atom stereocenters. The van der Waals surface area contributed by atoms with Gasteiger partial charge in [-0.1, -0.05) is 47.7 Å². The number of carbonyl (C=O) groups is 9. The van der Waals surface area contributed by atoms with Crippen molar-refractivity contribution in [2.45, 2.75) is 145 Å². The number of carboxylic acid groups (broad SMARTS) is 1. The number of unbranched alkanes of at least 4 members (excludes halogenated alkanes) is 1. The Morgan fingerprint density at radius 2 is 1.37 bits per heavy atom. The maximum absolute atomic E-state index is 14.3. The van der Waals surface area contributed by atoms with Crippen molar-refractivity contribution in [3.05, 3.63) is 59.7 Å². The van der Waals surface area contributed by atoms with Crippen LogP contribution in [0.15, 0.2) is 47.7 Å². The highest BCUT2D eigenvalue weighted by molar-refractivity contribution is 5.94. The number of aliphatic hydroxyl groups excluding tert-OH is 3. The highest BCUT2D eigenvalue weighted by Crippen LogP contribution is 2.24. The number of ether oxygens (including phenoxy) is 6. The molecule has 37 heteroatoms. The van der Waals surface area contributed by atoms with Gasteiger partial charge in [-0.05, 0) is 63.4 Å². The van der Waals surface area contributed by atoms with Crippen LogP contribution in [-0.4, -0.2) is 276 Å². The number of hydrogen-bond donors (Lipinski definition) is 13. The molecule has 1 aromatic carbocycles. The predicted octanol–water partition coefficient (Wildman–Crippen LogP) is -4.49.